The summed E-state index contributed by atoms with van der Waals surface area (Å²) in [5.74, 6) is 0.0478. The maximum absolute atomic E-state index is 11.4. The number of fused-ring (bicyclic) bond motifs is 1. The van der Waals surface area contributed by atoms with Crippen LogP contribution in [0.25, 0.3) is 0 Å². The van der Waals surface area contributed by atoms with Gasteiger partial charge in [-0.2, -0.15) is 0 Å². The molecule has 0 bridgehead atoms. The Kier molecular flexibility index (Phi) is 2.06. The summed E-state index contributed by atoms with van der Waals surface area (Å²) in [5, 5.41) is 9.36. The molecule has 0 unspecified atom stereocenters. The Morgan fingerprint density at radius 3 is 2.71 bits per heavy atom. The van der Waals surface area contributed by atoms with Gasteiger partial charge >= 0.3 is 5.97 Å². The molecular weight excluding hydrogens is 236 g/mol. The Balaban J connectivity index is 2.10. The number of rotatable bonds is 2. The molecule has 2 aliphatic rings. The number of carboxylic acids is 1. The number of benzene rings is 1. The molecule has 0 amide bonds. The highest BCUT2D eigenvalue weighted by Gasteiger charge is 2.54. The first-order chi connectivity index (χ1) is 7.95. The molecule has 1 aromatic carbocycles. The van der Waals surface area contributed by atoms with Gasteiger partial charge in [0.05, 0.1) is 10.3 Å². The Bertz CT molecular complexity index is 503. The average molecular weight is 250 g/mol. The van der Waals surface area contributed by atoms with Crippen LogP contribution in [0, 0.1) is 0 Å². The minimum absolute atomic E-state index is 0.299. The number of hydrogen-bond donors (Lipinski definition) is 1. The van der Waals surface area contributed by atoms with Crippen LogP contribution in [-0.4, -0.2) is 16.0 Å². The number of para-hydroxylation sites is 1. The lowest BCUT2D eigenvalue weighted by Crippen LogP contribution is -2.23. The zero-order chi connectivity index (χ0) is 12.3. The molecule has 1 saturated carbocycles. The van der Waals surface area contributed by atoms with Crippen LogP contribution < -0.4 is 4.74 Å². The number of aliphatic carboxylic acids is 1. The van der Waals surface area contributed by atoms with Gasteiger partial charge in [-0.3, -0.25) is 4.79 Å². The smallest absolute Gasteiger partial charge is 0.314 e. The van der Waals surface area contributed by atoms with E-state index in [4.69, 9.17) is 4.74 Å². The number of carbonyl (C=O) groups is 1. The highest BCUT2D eigenvalue weighted by molar-refractivity contribution is 8.00. The van der Waals surface area contributed by atoms with Gasteiger partial charge in [-0.1, -0.05) is 23.9 Å². The standard InChI is InChI=1S/C13H14O3S/c1-12(2)16-10-8(4-3-5-9(10)17-12)13(6-7-13)11(14)15/h3-5H,6-7H2,1-2H3,(H,14,15). The van der Waals surface area contributed by atoms with Gasteiger partial charge in [0.2, 0.25) is 0 Å². The van der Waals surface area contributed by atoms with Crippen LogP contribution in [0.5, 0.6) is 5.75 Å². The lowest BCUT2D eigenvalue weighted by atomic mass is 9.95. The van der Waals surface area contributed by atoms with Crippen molar-refractivity contribution in [3.05, 3.63) is 23.8 Å². The quantitative estimate of drug-likeness (QED) is 0.876. The largest absolute Gasteiger partial charge is 0.481 e. The van der Waals surface area contributed by atoms with Crippen molar-refractivity contribution in [1.82, 2.24) is 0 Å². The Hall–Kier alpha value is -1.16. The van der Waals surface area contributed by atoms with Gasteiger partial charge in [-0.15, -0.1) is 0 Å². The second-order valence-corrected chi connectivity index (χ2v) is 6.75. The van der Waals surface area contributed by atoms with Crippen LogP contribution in [0.1, 0.15) is 32.3 Å². The van der Waals surface area contributed by atoms with E-state index in [9.17, 15) is 9.90 Å². The zero-order valence-corrected chi connectivity index (χ0v) is 10.6. The molecule has 1 aliphatic carbocycles. The van der Waals surface area contributed by atoms with E-state index in [2.05, 4.69) is 0 Å². The van der Waals surface area contributed by atoms with Gasteiger partial charge in [0, 0.05) is 5.56 Å². The molecule has 0 saturated heterocycles. The molecule has 0 aromatic heterocycles. The molecule has 1 heterocycles. The summed E-state index contributed by atoms with van der Waals surface area (Å²) >= 11 is 1.65. The second kappa shape index (κ2) is 3.19. The van der Waals surface area contributed by atoms with Crippen molar-refractivity contribution in [2.24, 2.45) is 0 Å². The molecule has 1 aliphatic heterocycles. The molecular formula is C13H14O3S. The first-order valence-electron chi connectivity index (χ1n) is 5.70. The van der Waals surface area contributed by atoms with Crippen LogP contribution in [0.4, 0.5) is 0 Å². The van der Waals surface area contributed by atoms with E-state index in [0.29, 0.717) is 12.8 Å². The van der Waals surface area contributed by atoms with Crippen LogP contribution in [0.3, 0.4) is 0 Å². The molecule has 3 nitrogen and oxygen atoms in total. The Morgan fingerprint density at radius 1 is 1.41 bits per heavy atom. The van der Waals surface area contributed by atoms with Crippen LogP contribution in [0.2, 0.25) is 0 Å². The van der Waals surface area contributed by atoms with Gasteiger partial charge in [0.25, 0.3) is 0 Å². The van der Waals surface area contributed by atoms with Gasteiger partial charge in [0.15, 0.2) is 4.93 Å². The maximum atomic E-state index is 11.4. The SMILES string of the molecule is CC1(C)Oc2c(cccc2C2(C(=O)O)CC2)S1. The normalized spacial score (nSPS) is 22.7. The fourth-order valence-electron chi connectivity index (χ4n) is 2.33. The first kappa shape index (κ1) is 11.0. The monoisotopic (exact) mass is 250 g/mol. The summed E-state index contributed by atoms with van der Waals surface area (Å²) in [6, 6.07) is 5.81. The van der Waals surface area contributed by atoms with Crippen molar-refractivity contribution in [1.29, 1.82) is 0 Å². The maximum Gasteiger partial charge on any atom is 0.314 e. The number of ether oxygens (including phenoxy) is 1. The van der Waals surface area contributed by atoms with Gasteiger partial charge in [-0.25, -0.2) is 0 Å². The Morgan fingerprint density at radius 2 is 2.12 bits per heavy atom. The van der Waals surface area contributed by atoms with E-state index in [1.54, 1.807) is 11.8 Å². The summed E-state index contributed by atoms with van der Waals surface area (Å²) < 4.78 is 5.90. The third kappa shape index (κ3) is 1.54. The second-order valence-electron chi connectivity index (χ2n) is 5.12. The van der Waals surface area contributed by atoms with Crippen molar-refractivity contribution in [3.8, 4) is 5.75 Å². The minimum atomic E-state index is -0.732. The number of carboxylic acid groups (broad SMARTS) is 1. The van der Waals surface area contributed by atoms with Crippen LogP contribution >= 0.6 is 11.8 Å². The molecule has 0 radical (unpaired) electrons. The fourth-order valence-corrected chi connectivity index (χ4v) is 3.38. The summed E-state index contributed by atoms with van der Waals surface area (Å²) in [6.45, 7) is 4.00. The lowest BCUT2D eigenvalue weighted by molar-refractivity contribution is -0.140. The average Bonchev–Trinajstić information content (AvgIpc) is 2.95. The summed E-state index contributed by atoms with van der Waals surface area (Å²) in [7, 11) is 0. The third-order valence-corrected chi connectivity index (χ3v) is 4.47. The molecule has 1 aromatic rings. The molecule has 0 atom stereocenters. The van der Waals surface area contributed by atoms with Crippen LogP contribution in [0.15, 0.2) is 23.1 Å². The van der Waals surface area contributed by atoms with E-state index in [0.717, 1.165) is 16.2 Å². The predicted molar refractivity (Wildman–Crippen MR) is 65.6 cm³/mol. The molecule has 3 rings (SSSR count). The Labute approximate surface area is 104 Å². The minimum Gasteiger partial charge on any atom is -0.481 e. The van der Waals surface area contributed by atoms with Crippen molar-refractivity contribution < 1.29 is 14.6 Å². The van der Waals surface area contributed by atoms with Gasteiger partial charge in [-0.05, 0) is 32.8 Å². The van der Waals surface area contributed by atoms with E-state index in [1.807, 2.05) is 32.0 Å². The molecule has 1 N–H and O–H groups in total. The molecule has 1 fully saturated rings. The van der Waals surface area contributed by atoms with Crippen LogP contribution in [-0.2, 0) is 10.2 Å². The van der Waals surface area contributed by atoms with Crippen molar-refractivity contribution in [2.45, 2.75) is 41.9 Å². The summed E-state index contributed by atoms with van der Waals surface area (Å²) in [4.78, 5) is 12.1. The molecule has 4 heteroatoms. The highest BCUT2D eigenvalue weighted by Crippen LogP contribution is 2.57. The number of thioether (sulfide) groups is 1. The lowest BCUT2D eigenvalue weighted by Gasteiger charge is -2.18. The van der Waals surface area contributed by atoms with Gasteiger partial charge < -0.3 is 9.84 Å². The third-order valence-electron chi connectivity index (χ3n) is 3.36. The summed E-state index contributed by atoms with van der Waals surface area (Å²) in [5.41, 5.74) is 0.160. The summed E-state index contributed by atoms with van der Waals surface area (Å²) in [6.07, 6.45) is 1.43. The van der Waals surface area contributed by atoms with E-state index < -0.39 is 11.4 Å². The van der Waals surface area contributed by atoms with E-state index in [-0.39, 0.29) is 4.93 Å². The number of hydrogen-bond acceptors (Lipinski definition) is 3. The van der Waals surface area contributed by atoms with Crippen molar-refractivity contribution in [3.63, 3.8) is 0 Å². The zero-order valence-electron chi connectivity index (χ0n) is 9.82. The van der Waals surface area contributed by atoms with Crippen molar-refractivity contribution >= 4 is 17.7 Å². The van der Waals surface area contributed by atoms with E-state index >= 15 is 0 Å². The topological polar surface area (TPSA) is 46.5 Å². The first-order valence-corrected chi connectivity index (χ1v) is 6.51. The molecule has 17 heavy (non-hydrogen) atoms. The molecule has 90 valence electrons. The van der Waals surface area contributed by atoms with E-state index in [1.165, 1.54) is 0 Å². The molecule has 0 spiro atoms. The van der Waals surface area contributed by atoms with Crippen molar-refractivity contribution in [2.75, 3.05) is 0 Å². The highest BCUT2D eigenvalue weighted by atomic mass is 32.2. The van der Waals surface area contributed by atoms with Gasteiger partial charge in [0.1, 0.15) is 5.75 Å². The fraction of sp³-hybridized carbons (Fsp3) is 0.462. The predicted octanol–water partition coefficient (Wildman–Crippen LogP) is 3.02.